The Morgan fingerprint density at radius 2 is 1.80 bits per heavy atom. The molecule has 5 nitrogen and oxygen atoms in total. The van der Waals surface area contributed by atoms with Crippen molar-refractivity contribution in [1.29, 1.82) is 0 Å². The van der Waals surface area contributed by atoms with Crippen molar-refractivity contribution in [2.45, 2.75) is 6.92 Å². The van der Waals surface area contributed by atoms with Crippen molar-refractivity contribution >= 4 is 23.1 Å². The summed E-state index contributed by atoms with van der Waals surface area (Å²) in [6, 6.07) is 16.2. The fraction of sp³-hybridized carbons (Fsp3) is 0.100. The molecule has 4 rings (SSSR count). The summed E-state index contributed by atoms with van der Waals surface area (Å²) < 4.78 is 5.39. The van der Waals surface area contributed by atoms with Gasteiger partial charge in [-0.15, -0.1) is 0 Å². The van der Waals surface area contributed by atoms with Crippen molar-refractivity contribution in [3.63, 3.8) is 0 Å². The Hall–Kier alpha value is -3.43. The predicted molar refractivity (Wildman–Crippen MR) is 93.0 cm³/mol. The summed E-state index contributed by atoms with van der Waals surface area (Å²) >= 11 is 0. The third kappa shape index (κ3) is 2.57. The van der Waals surface area contributed by atoms with Gasteiger partial charge in [0.25, 0.3) is 5.91 Å². The van der Waals surface area contributed by atoms with Crippen LogP contribution in [0.2, 0.25) is 0 Å². The second-order valence-electron chi connectivity index (χ2n) is 5.81. The Labute approximate surface area is 145 Å². The fourth-order valence-corrected chi connectivity index (χ4v) is 2.85. The number of allylic oxidation sites excluding steroid dienone is 1. The van der Waals surface area contributed by atoms with Crippen LogP contribution in [-0.4, -0.2) is 17.4 Å². The number of anilines is 1. The first kappa shape index (κ1) is 15.1. The number of nitrogens with zero attached hydrogens (tertiary/aromatic N) is 2. The third-order valence-corrected chi connectivity index (χ3v) is 4.16. The minimum Gasteiger partial charge on any atom is -0.414 e. The number of hydrogen-bond donors (Lipinski definition) is 0. The number of Topliss-reactive ketones (excluding diaryl/α,β-unsaturated/α-hetero) is 1. The molecule has 25 heavy (non-hydrogen) atoms. The fourth-order valence-electron chi connectivity index (χ4n) is 2.85. The molecule has 2 aromatic carbocycles. The van der Waals surface area contributed by atoms with Crippen molar-refractivity contribution in [3.8, 4) is 5.75 Å². The van der Waals surface area contributed by atoms with Gasteiger partial charge in [-0.25, -0.2) is 0 Å². The summed E-state index contributed by atoms with van der Waals surface area (Å²) in [7, 11) is 0. The van der Waals surface area contributed by atoms with Crippen molar-refractivity contribution < 1.29 is 14.3 Å². The van der Waals surface area contributed by atoms with Gasteiger partial charge in [0, 0.05) is 0 Å². The molecule has 0 bridgehead atoms. The Bertz CT molecular complexity index is 916. The highest BCUT2D eigenvalue weighted by Gasteiger charge is 2.37. The molecule has 0 spiro atoms. The minimum absolute atomic E-state index is 0.204. The first-order valence-electron chi connectivity index (χ1n) is 7.87. The smallest absolute Gasteiger partial charge is 0.260 e. The average molecular weight is 330 g/mol. The van der Waals surface area contributed by atoms with E-state index in [9.17, 15) is 9.59 Å². The van der Waals surface area contributed by atoms with Crippen LogP contribution in [0.3, 0.4) is 0 Å². The van der Waals surface area contributed by atoms with Gasteiger partial charge in [0.05, 0.1) is 34.7 Å². The van der Waals surface area contributed by atoms with Crippen LogP contribution in [0, 0.1) is 18.6 Å². The molecule has 5 heteroatoms. The van der Waals surface area contributed by atoms with E-state index in [-0.39, 0.29) is 17.3 Å². The number of amides is 1. The zero-order valence-corrected chi connectivity index (χ0v) is 13.5. The van der Waals surface area contributed by atoms with Gasteiger partial charge in [-0.1, -0.05) is 30.3 Å². The lowest BCUT2D eigenvalue weighted by Crippen LogP contribution is -2.29. The number of hydrogen-bond acceptors (Lipinski definition) is 4. The number of hydrazone groups is 1. The van der Waals surface area contributed by atoms with Crippen LogP contribution in [-0.2, 0) is 4.79 Å². The van der Waals surface area contributed by atoms with Crippen molar-refractivity contribution in [3.05, 3.63) is 78.4 Å². The molecule has 0 saturated carbocycles. The maximum Gasteiger partial charge on any atom is 0.260 e. The standard InChI is InChI=1S/C20H14N2O3/c1-13-17(20(24)22(21-13)15-7-3-2-4-8-15)11-14-12-25-18-10-6-5-9-16(18)19(14)23/h2-11,17H,1H3/t17-/m1/s1. The molecule has 2 aliphatic rings. The number of ketones is 1. The number of carbonyl (C=O) groups excluding carboxylic acids is 2. The topological polar surface area (TPSA) is 59.0 Å². The van der Waals surface area contributed by atoms with E-state index in [1.54, 1.807) is 37.6 Å². The van der Waals surface area contributed by atoms with E-state index in [4.69, 9.17) is 4.74 Å². The maximum atomic E-state index is 12.7. The second kappa shape index (κ2) is 5.89. The highest BCUT2D eigenvalue weighted by molar-refractivity contribution is 6.19. The molecule has 1 amide bonds. The average Bonchev–Trinajstić information content (AvgIpc) is 2.93. The molecule has 2 aromatic rings. The molecule has 0 N–H and O–H groups in total. The van der Waals surface area contributed by atoms with Gasteiger partial charge in [-0.3, -0.25) is 9.59 Å². The normalized spacial score (nSPS) is 18.8. The zero-order valence-electron chi connectivity index (χ0n) is 13.5. The van der Waals surface area contributed by atoms with E-state index >= 15 is 0 Å². The highest BCUT2D eigenvalue weighted by Crippen LogP contribution is 2.31. The molecule has 0 unspecified atom stereocenters. The summed E-state index contributed by atoms with van der Waals surface area (Å²) in [6.07, 6.45) is 4.21. The van der Waals surface area contributed by atoms with Crippen LogP contribution in [0.15, 0.2) is 65.3 Å². The van der Waals surface area contributed by atoms with Gasteiger partial charge in [0.15, 0.2) is 5.75 Å². The summed E-state index contributed by atoms with van der Waals surface area (Å²) in [5, 5.41) is 5.69. The molecule has 0 aliphatic carbocycles. The van der Waals surface area contributed by atoms with Gasteiger partial charge in [0.2, 0.25) is 5.78 Å². The van der Waals surface area contributed by atoms with E-state index in [1.165, 1.54) is 5.01 Å². The minimum atomic E-state index is -0.611. The van der Waals surface area contributed by atoms with Gasteiger partial charge >= 0.3 is 0 Å². The predicted octanol–water partition coefficient (Wildman–Crippen LogP) is 3.19. The molecule has 2 heterocycles. The molecular weight excluding hydrogens is 316 g/mol. The maximum absolute atomic E-state index is 12.7. The summed E-state index contributed by atoms with van der Waals surface area (Å²) in [6.45, 7) is 1.77. The molecule has 2 aliphatic heterocycles. The monoisotopic (exact) mass is 330 g/mol. The van der Waals surface area contributed by atoms with Crippen molar-refractivity contribution in [2.24, 2.45) is 11.0 Å². The van der Waals surface area contributed by atoms with Gasteiger partial charge in [0.1, 0.15) is 0 Å². The molecule has 122 valence electrons. The SMILES string of the molecule is CC1=NN(c2ccccc2)C(=O)[C@@H]1[CH-]C1=[C+]Oc2ccccc2C1=O. The molecule has 0 saturated heterocycles. The number of rotatable bonds is 3. The largest absolute Gasteiger partial charge is 0.414 e. The summed E-state index contributed by atoms with van der Waals surface area (Å²) in [4.78, 5) is 25.3. The van der Waals surface area contributed by atoms with Crippen LogP contribution in [0.5, 0.6) is 5.75 Å². The highest BCUT2D eigenvalue weighted by atomic mass is 16.5. The van der Waals surface area contributed by atoms with E-state index < -0.39 is 5.92 Å². The van der Waals surface area contributed by atoms with Crippen LogP contribution in [0.25, 0.3) is 0 Å². The van der Waals surface area contributed by atoms with Crippen LogP contribution < -0.4 is 9.75 Å². The number of benzene rings is 2. The molecule has 0 radical (unpaired) electrons. The Kier molecular flexibility index (Phi) is 3.56. The molecule has 0 aromatic heterocycles. The lowest BCUT2D eigenvalue weighted by molar-refractivity contribution is -0.119. The summed E-state index contributed by atoms with van der Waals surface area (Å²) in [5.41, 5.74) is 2.01. The number of para-hydroxylation sites is 2. The number of carbonyl (C=O) groups is 2. The van der Waals surface area contributed by atoms with Crippen molar-refractivity contribution in [2.75, 3.05) is 5.01 Å². The summed E-state index contributed by atoms with van der Waals surface area (Å²) in [5.74, 6) is -0.551. The van der Waals surface area contributed by atoms with E-state index in [2.05, 4.69) is 11.4 Å². The Balaban J connectivity index is 1.56. The third-order valence-electron chi connectivity index (χ3n) is 4.16. The van der Waals surface area contributed by atoms with Gasteiger partial charge in [-0.05, 0) is 37.6 Å². The Morgan fingerprint density at radius 1 is 1.08 bits per heavy atom. The van der Waals surface area contributed by atoms with E-state index in [0.717, 1.165) is 0 Å². The van der Waals surface area contributed by atoms with Gasteiger partial charge < -0.3 is 4.74 Å². The van der Waals surface area contributed by atoms with E-state index in [1.807, 2.05) is 30.3 Å². The first-order valence-corrected chi connectivity index (χ1v) is 7.87. The number of fused-ring (bicyclic) bond motifs is 1. The van der Waals surface area contributed by atoms with E-state index in [0.29, 0.717) is 22.7 Å². The lowest BCUT2D eigenvalue weighted by Gasteiger charge is -2.17. The zero-order chi connectivity index (χ0) is 17.4. The molecular formula is C20H14N2O3. The second-order valence-corrected chi connectivity index (χ2v) is 5.81. The lowest BCUT2D eigenvalue weighted by atomic mass is 9.90. The van der Waals surface area contributed by atoms with Crippen LogP contribution in [0.4, 0.5) is 5.69 Å². The number of ether oxygens (including phenoxy) is 1. The first-order chi connectivity index (χ1) is 12.1. The quantitative estimate of drug-likeness (QED) is 0.812. The van der Waals surface area contributed by atoms with Gasteiger partial charge in [-0.2, -0.15) is 10.1 Å². The molecule has 0 fully saturated rings. The molecule has 1 atom stereocenters. The van der Waals surface area contributed by atoms with Crippen molar-refractivity contribution in [1.82, 2.24) is 0 Å². The van der Waals surface area contributed by atoms with Crippen LogP contribution >= 0.6 is 0 Å². The Morgan fingerprint density at radius 3 is 2.60 bits per heavy atom. The van der Waals surface area contributed by atoms with Crippen LogP contribution in [0.1, 0.15) is 17.3 Å².